The van der Waals surface area contributed by atoms with Crippen molar-refractivity contribution in [3.05, 3.63) is 0 Å². The minimum atomic E-state index is -7.82. The second kappa shape index (κ2) is 7.86. The van der Waals surface area contributed by atoms with Crippen molar-refractivity contribution < 1.29 is 57.1 Å². The Morgan fingerprint density at radius 3 is 1.14 bits per heavy atom. The Bertz CT molecular complexity index is 514. The summed E-state index contributed by atoms with van der Waals surface area (Å²) < 4.78 is 169. The number of hydrogen-bond donors (Lipinski definition) is 0. The van der Waals surface area contributed by atoms with Crippen LogP contribution in [0.3, 0.4) is 0 Å². The van der Waals surface area contributed by atoms with Gasteiger partial charge in [0.05, 0.1) is 8.80 Å². The molecular weight excluding hydrogens is 443 g/mol. The summed E-state index contributed by atoms with van der Waals surface area (Å²) in [5.74, 6) is -36.3. The van der Waals surface area contributed by atoms with Crippen LogP contribution in [0, 0.1) is 0 Å². The molecule has 0 spiro atoms. The lowest BCUT2D eigenvalue weighted by atomic mass is 9.93. The van der Waals surface area contributed by atoms with E-state index in [2.05, 4.69) is 0 Å². The standard InChI is InChI=1S/C14H18F13Si/c1-7(2)28(8(3)4)6-5-9(15,16)10(17,18)11(19,20)12(21,22)13(23,24)14(25,26)27/h7-8H,5-6H2,1-4H3. The van der Waals surface area contributed by atoms with Gasteiger partial charge in [0.2, 0.25) is 0 Å². The zero-order valence-electron chi connectivity index (χ0n) is 15.0. The minimum Gasteiger partial charge on any atom is -0.200 e. The fourth-order valence-electron chi connectivity index (χ4n) is 2.50. The van der Waals surface area contributed by atoms with Crippen LogP contribution in [-0.4, -0.2) is 44.6 Å². The maximum atomic E-state index is 13.7. The SMILES string of the molecule is CC(C)[Si](CCC(F)(F)C(F)(F)C(F)(F)C(F)(F)C(F)(F)C(F)(F)F)C(C)C. The number of halogens is 13. The van der Waals surface area contributed by atoms with Crippen molar-refractivity contribution in [1.29, 1.82) is 0 Å². The van der Waals surface area contributed by atoms with Crippen molar-refractivity contribution in [3.8, 4) is 0 Å². The fraction of sp³-hybridized carbons (Fsp3) is 1.00. The minimum absolute atomic E-state index is 0.314. The van der Waals surface area contributed by atoms with Crippen LogP contribution in [0.15, 0.2) is 0 Å². The first kappa shape index (κ1) is 27.3. The molecule has 0 aromatic rings. The third kappa shape index (κ3) is 4.40. The molecule has 0 unspecified atom stereocenters. The Hall–Kier alpha value is -0.693. The van der Waals surface area contributed by atoms with Gasteiger partial charge in [-0.2, -0.15) is 57.1 Å². The van der Waals surface area contributed by atoms with Gasteiger partial charge in [-0.3, -0.25) is 0 Å². The molecule has 0 amide bonds. The third-order valence-electron chi connectivity index (χ3n) is 4.21. The Labute approximate surface area is 154 Å². The Balaban J connectivity index is 5.98. The maximum Gasteiger partial charge on any atom is 0.460 e. The van der Waals surface area contributed by atoms with E-state index in [1.807, 2.05) is 0 Å². The molecule has 1 radical (unpaired) electrons. The molecule has 0 aliphatic rings. The van der Waals surface area contributed by atoms with Crippen molar-refractivity contribution in [1.82, 2.24) is 0 Å². The molecule has 0 aliphatic heterocycles. The lowest BCUT2D eigenvalue weighted by Crippen LogP contribution is -2.70. The van der Waals surface area contributed by atoms with Gasteiger partial charge in [0.1, 0.15) is 0 Å². The van der Waals surface area contributed by atoms with Gasteiger partial charge in [-0.15, -0.1) is 0 Å². The van der Waals surface area contributed by atoms with E-state index in [9.17, 15) is 57.1 Å². The quantitative estimate of drug-likeness (QED) is 0.248. The summed E-state index contributed by atoms with van der Waals surface area (Å²) in [5, 5.41) is 0. The molecule has 0 rings (SSSR count). The Morgan fingerprint density at radius 1 is 0.536 bits per heavy atom. The van der Waals surface area contributed by atoms with Crippen LogP contribution in [0.5, 0.6) is 0 Å². The molecule has 0 N–H and O–H groups in total. The van der Waals surface area contributed by atoms with Crippen LogP contribution in [-0.2, 0) is 0 Å². The summed E-state index contributed by atoms with van der Waals surface area (Å²) in [6, 6.07) is -0.778. The zero-order valence-corrected chi connectivity index (χ0v) is 16.0. The van der Waals surface area contributed by atoms with Gasteiger partial charge in [-0.05, 0) is 0 Å². The first-order chi connectivity index (χ1) is 12.0. The van der Waals surface area contributed by atoms with Gasteiger partial charge < -0.3 is 0 Å². The van der Waals surface area contributed by atoms with E-state index >= 15 is 0 Å². The van der Waals surface area contributed by atoms with Crippen LogP contribution in [0.25, 0.3) is 0 Å². The molecule has 0 bridgehead atoms. The predicted octanol–water partition coefficient (Wildman–Crippen LogP) is 7.43. The molecule has 0 saturated carbocycles. The van der Waals surface area contributed by atoms with Crippen molar-refractivity contribution in [2.45, 2.75) is 87.0 Å². The van der Waals surface area contributed by atoms with Gasteiger partial charge in [0, 0.05) is 6.42 Å². The summed E-state index contributed by atoms with van der Waals surface area (Å²) in [5.41, 5.74) is -0.628. The molecule has 0 saturated heterocycles. The summed E-state index contributed by atoms with van der Waals surface area (Å²) in [6.07, 6.45) is -9.45. The second-order valence-corrected chi connectivity index (χ2v) is 10.8. The lowest BCUT2D eigenvalue weighted by molar-refractivity contribution is -0.439. The first-order valence-corrected chi connectivity index (χ1v) is 9.66. The van der Waals surface area contributed by atoms with Crippen molar-refractivity contribution in [2.24, 2.45) is 0 Å². The summed E-state index contributed by atoms with van der Waals surface area (Å²) in [6.45, 7) is 6.10. The molecule has 14 heteroatoms. The van der Waals surface area contributed by atoms with Gasteiger partial charge in [0.15, 0.2) is 0 Å². The van der Waals surface area contributed by atoms with E-state index in [0.717, 1.165) is 0 Å². The monoisotopic (exact) mass is 461 g/mol. The summed E-state index contributed by atoms with van der Waals surface area (Å²) in [7, 11) is -1.88. The van der Waals surface area contributed by atoms with Crippen molar-refractivity contribution >= 4 is 8.80 Å². The number of alkyl halides is 13. The second-order valence-electron chi connectivity index (χ2n) is 6.88. The summed E-state index contributed by atoms with van der Waals surface area (Å²) >= 11 is 0. The molecular formula is C14H18F13Si. The van der Waals surface area contributed by atoms with Crippen LogP contribution < -0.4 is 0 Å². The maximum absolute atomic E-state index is 13.7. The molecule has 0 nitrogen and oxygen atoms in total. The predicted molar refractivity (Wildman–Crippen MR) is 76.2 cm³/mol. The van der Waals surface area contributed by atoms with Crippen LogP contribution >= 0.6 is 0 Å². The van der Waals surface area contributed by atoms with Crippen molar-refractivity contribution in [2.75, 3.05) is 0 Å². The van der Waals surface area contributed by atoms with E-state index in [1.165, 1.54) is 27.7 Å². The largest absolute Gasteiger partial charge is 0.460 e. The molecule has 0 aliphatic carbocycles. The highest BCUT2D eigenvalue weighted by Gasteiger charge is 2.90. The van der Waals surface area contributed by atoms with Crippen molar-refractivity contribution in [3.63, 3.8) is 0 Å². The van der Waals surface area contributed by atoms with Gasteiger partial charge >= 0.3 is 35.8 Å². The highest BCUT2D eigenvalue weighted by Crippen LogP contribution is 2.60. The van der Waals surface area contributed by atoms with Gasteiger partial charge in [0.25, 0.3) is 0 Å². The van der Waals surface area contributed by atoms with E-state index in [0.29, 0.717) is 0 Å². The molecule has 0 heterocycles. The topological polar surface area (TPSA) is 0 Å². The van der Waals surface area contributed by atoms with E-state index in [4.69, 9.17) is 0 Å². The lowest BCUT2D eigenvalue weighted by Gasteiger charge is -2.40. The smallest absolute Gasteiger partial charge is 0.200 e. The number of rotatable bonds is 9. The van der Waals surface area contributed by atoms with Gasteiger partial charge in [-0.1, -0.05) is 44.8 Å². The highest BCUT2D eigenvalue weighted by atomic mass is 28.3. The molecule has 28 heavy (non-hydrogen) atoms. The van der Waals surface area contributed by atoms with E-state index in [-0.39, 0.29) is 11.1 Å². The van der Waals surface area contributed by atoms with E-state index < -0.39 is 57.1 Å². The Morgan fingerprint density at radius 2 is 0.857 bits per heavy atom. The molecule has 0 aromatic heterocycles. The first-order valence-electron chi connectivity index (χ1n) is 7.80. The van der Waals surface area contributed by atoms with Crippen LogP contribution in [0.4, 0.5) is 57.1 Å². The van der Waals surface area contributed by atoms with Crippen LogP contribution in [0.2, 0.25) is 17.1 Å². The number of hydrogen-bond acceptors (Lipinski definition) is 0. The third-order valence-corrected chi connectivity index (χ3v) is 8.00. The van der Waals surface area contributed by atoms with E-state index in [1.54, 1.807) is 0 Å². The molecule has 0 aromatic carbocycles. The average molecular weight is 461 g/mol. The van der Waals surface area contributed by atoms with Gasteiger partial charge in [-0.25, -0.2) is 0 Å². The molecule has 169 valence electrons. The summed E-state index contributed by atoms with van der Waals surface area (Å²) in [4.78, 5) is 0. The average Bonchev–Trinajstić information content (AvgIpc) is 2.44. The molecule has 0 fully saturated rings. The highest BCUT2D eigenvalue weighted by molar-refractivity contribution is 6.61. The Kier molecular flexibility index (Phi) is 7.66. The van der Waals surface area contributed by atoms with Crippen LogP contribution in [0.1, 0.15) is 34.1 Å². The molecule has 0 atom stereocenters. The normalized spacial score (nSPS) is 15.9. The zero-order chi connectivity index (χ0) is 23.1. The fourth-order valence-corrected chi connectivity index (χ4v) is 5.60.